The van der Waals surface area contributed by atoms with Crippen molar-refractivity contribution in [1.82, 2.24) is 4.98 Å². The van der Waals surface area contributed by atoms with Crippen LogP contribution in [-0.4, -0.2) is 4.98 Å². The highest BCUT2D eigenvalue weighted by molar-refractivity contribution is 5.82. The second kappa shape index (κ2) is 5.59. The third-order valence-corrected chi connectivity index (χ3v) is 3.25. The Kier molecular flexibility index (Phi) is 3.48. The molecule has 0 saturated heterocycles. The number of nitrogens with zero attached hydrogens (tertiary/aromatic N) is 2. The minimum atomic E-state index is -0.488. The Labute approximate surface area is 121 Å². The molecular weight excluding hydrogens is 265 g/mol. The lowest BCUT2D eigenvalue weighted by molar-refractivity contribution is 0.623. The number of anilines is 1. The Hall–Kier alpha value is -2.93. The molecule has 4 heteroatoms. The molecule has 0 aliphatic rings. The number of halogens is 1. The molecule has 0 fully saturated rings. The summed E-state index contributed by atoms with van der Waals surface area (Å²) in [7, 11) is 0. The van der Waals surface area contributed by atoms with Gasteiger partial charge in [-0.05, 0) is 42.0 Å². The second-order valence-electron chi connectivity index (χ2n) is 4.69. The van der Waals surface area contributed by atoms with Crippen LogP contribution >= 0.6 is 0 Å². The van der Waals surface area contributed by atoms with Crippen molar-refractivity contribution in [1.29, 1.82) is 5.26 Å². The van der Waals surface area contributed by atoms with E-state index in [-0.39, 0.29) is 5.56 Å². The van der Waals surface area contributed by atoms with Gasteiger partial charge in [-0.1, -0.05) is 12.1 Å². The van der Waals surface area contributed by atoms with Gasteiger partial charge in [0.1, 0.15) is 11.9 Å². The van der Waals surface area contributed by atoms with Crippen molar-refractivity contribution >= 4 is 16.6 Å². The van der Waals surface area contributed by atoms with Gasteiger partial charge in [-0.15, -0.1) is 0 Å². The maximum absolute atomic E-state index is 13.3. The van der Waals surface area contributed by atoms with E-state index in [0.717, 1.165) is 22.2 Å². The van der Waals surface area contributed by atoms with Gasteiger partial charge in [0.05, 0.1) is 11.1 Å². The molecule has 0 amide bonds. The fraction of sp³-hybridized carbons (Fsp3) is 0.0588. The van der Waals surface area contributed by atoms with Crippen LogP contribution in [0.4, 0.5) is 10.1 Å². The number of rotatable bonds is 3. The van der Waals surface area contributed by atoms with E-state index in [2.05, 4.69) is 10.3 Å². The number of fused-ring (bicyclic) bond motifs is 1. The van der Waals surface area contributed by atoms with Crippen molar-refractivity contribution < 1.29 is 4.39 Å². The summed E-state index contributed by atoms with van der Waals surface area (Å²) in [5.41, 5.74) is 2.83. The monoisotopic (exact) mass is 277 g/mol. The predicted molar refractivity (Wildman–Crippen MR) is 80.2 cm³/mol. The largest absolute Gasteiger partial charge is 0.381 e. The Balaban J connectivity index is 1.78. The fourth-order valence-electron chi connectivity index (χ4n) is 2.16. The molecule has 0 radical (unpaired) electrons. The van der Waals surface area contributed by atoms with Gasteiger partial charge in [0.15, 0.2) is 0 Å². The van der Waals surface area contributed by atoms with E-state index in [0.29, 0.717) is 6.54 Å². The molecule has 1 aromatic heterocycles. The lowest BCUT2D eigenvalue weighted by atomic mass is 10.1. The van der Waals surface area contributed by atoms with Gasteiger partial charge >= 0.3 is 0 Å². The lowest BCUT2D eigenvalue weighted by Crippen LogP contribution is -2.00. The van der Waals surface area contributed by atoms with Crippen LogP contribution in [0.15, 0.2) is 54.7 Å². The zero-order valence-corrected chi connectivity index (χ0v) is 11.2. The van der Waals surface area contributed by atoms with Crippen molar-refractivity contribution in [2.24, 2.45) is 0 Å². The van der Waals surface area contributed by atoms with Crippen molar-refractivity contribution in [3.63, 3.8) is 0 Å². The van der Waals surface area contributed by atoms with E-state index in [1.165, 1.54) is 6.07 Å². The van der Waals surface area contributed by atoms with Crippen LogP contribution < -0.4 is 5.32 Å². The normalized spacial score (nSPS) is 10.3. The van der Waals surface area contributed by atoms with Crippen LogP contribution in [0.2, 0.25) is 0 Å². The molecule has 0 aliphatic carbocycles. The summed E-state index contributed by atoms with van der Waals surface area (Å²) in [5.74, 6) is -0.488. The topological polar surface area (TPSA) is 48.7 Å². The number of pyridine rings is 1. The number of nitrogens with one attached hydrogen (secondary N) is 1. The quantitative estimate of drug-likeness (QED) is 0.791. The zero-order valence-electron chi connectivity index (χ0n) is 11.2. The first-order chi connectivity index (χ1) is 10.3. The van der Waals surface area contributed by atoms with Crippen molar-refractivity contribution in [2.75, 3.05) is 5.32 Å². The predicted octanol–water partition coefficient (Wildman–Crippen LogP) is 3.86. The van der Waals surface area contributed by atoms with E-state index in [1.54, 1.807) is 18.3 Å². The van der Waals surface area contributed by atoms with Gasteiger partial charge in [0.2, 0.25) is 0 Å². The van der Waals surface area contributed by atoms with E-state index in [4.69, 9.17) is 5.26 Å². The van der Waals surface area contributed by atoms with Gasteiger partial charge in [0.25, 0.3) is 0 Å². The van der Waals surface area contributed by atoms with Crippen LogP contribution in [0.3, 0.4) is 0 Å². The molecule has 0 bridgehead atoms. The zero-order chi connectivity index (χ0) is 14.7. The maximum Gasteiger partial charge on any atom is 0.140 e. The van der Waals surface area contributed by atoms with Gasteiger partial charge in [-0.25, -0.2) is 4.39 Å². The minimum Gasteiger partial charge on any atom is -0.381 e. The molecule has 0 spiro atoms. The molecule has 0 saturated carbocycles. The molecule has 0 atom stereocenters. The molecule has 2 aromatic carbocycles. The Morgan fingerprint density at radius 1 is 1.14 bits per heavy atom. The third kappa shape index (κ3) is 2.82. The first-order valence-electron chi connectivity index (χ1n) is 6.53. The van der Waals surface area contributed by atoms with Gasteiger partial charge in [-0.3, -0.25) is 4.98 Å². The molecule has 102 valence electrons. The van der Waals surface area contributed by atoms with Crippen molar-refractivity contribution in [3.8, 4) is 6.07 Å². The molecule has 3 aromatic rings. The van der Waals surface area contributed by atoms with Gasteiger partial charge in [0, 0.05) is 23.8 Å². The highest BCUT2D eigenvalue weighted by atomic mass is 19.1. The minimum absolute atomic E-state index is 0.0667. The molecule has 0 aliphatic heterocycles. The number of hydrogen-bond donors (Lipinski definition) is 1. The van der Waals surface area contributed by atoms with Crippen molar-refractivity contribution in [3.05, 3.63) is 71.7 Å². The lowest BCUT2D eigenvalue weighted by Gasteiger charge is -2.08. The molecule has 21 heavy (non-hydrogen) atoms. The number of hydrogen-bond acceptors (Lipinski definition) is 3. The van der Waals surface area contributed by atoms with Crippen LogP contribution in [0.25, 0.3) is 10.9 Å². The number of nitriles is 1. The number of aromatic nitrogens is 1. The molecule has 1 N–H and O–H groups in total. The molecule has 3 rings (SSSR count). The van der Waals surface area contributed by atoms with Crippen molar-refractivity contribution in [2.45, 2.75) is 6.54 Å². The number of benzene rings is 2. The highest BCUT2D eigenvalue weighted by Gasteiger charge is 2.03. The van der Waals surface area contributed by atoms with E-state index >= 15 is 0 Å². The average molecular weight is 277 g/mol. The summed E-state index contributed by atoms with van der Waals surface area (Å²) in [4.78, 5) is 4.27. The molecule has 0 unspecified atom stereocenters. The molecule has 1 heterocycles. The standard InChI is InChI=1S/C17H12FN3/c18-16-5-3-12(8-14(16)10-19)11-21-15-4-6-17-13(9-15)2-1-7-20-17/h1-9,21H,11H2. The smallest absolute Gasteiger partial charge is 0.140 e. The van der Waals surface area contributed by atoms with Crippen LogP contribution in [0.5, 0.6) is 0 Å². The summed E-state index contributed by atoms with van der Waals surface area (Å²) < 4.78 is 13.3. The third-order valence-electron chi connectivity index (χ3n) is 3.25. The average Bonchev–Trinajstić information content (AvgIpc) is 2.54. The summed E-state index contributed by atoms with van der Waals surface area (Å²) in [6.07, 6.45) is 1.76. The summed E-state index contributed by atoms with van der Waals surface area (Å²) >= 11 is 0. The summed E-state index contributed by atoms with van der Waals surface area (Å²) in [5, 5.41) is 13.1. The van der Waals surface area contributed by atoms with E-state index in [1.807, 2.05) is 36.4 Å². The maximum atomic E-state index is 13.3. The Morgan fingerprint density at radius 2 is 2.05 bits per heavy atom. The van der Waals surface area contributed by atoms with Gasteiger partial charge < -0.3 is 5.32 Å². The molecular formula is C17H12FN3. The second-order valence-corrected chi connectivity index (χ2v) is 4.69. The van der Waals surface area contributed by atoms with Crippen LogP contribution in [0.1, 0.15) is 11.1 Å². The Morgan fingerprint density at radius 3 is 2.90 bits per heavy atom. The van der Waals surface area contributed by atoms with E-state index < -0.39 is 5.82 Å². The highest BCUT2D eigenvalue weighted by Crippen LogP contribution is 2.18. The summed E-state index contributed by atoms with van der Waals surface area (Å²) in [6, 6.07) is 16.2. The van der Waals surface area contributed by atoms with Crippen LogP contribution in [0, 0.1) is 17.1 Å². The molecule has 3 nitrogen and oxygen atoms in total. The first-order valence-corrected chi connectivity index (χ1v) is 6.53. The first kappa shape index (κ1) is 13.1. The Bertz CT molecular complexity index is 837. The SMILES string of the molecule is N#Cc1cc(CNc2ccc3ncccc3c2)ccc1F. The van der Waals surface area contributed by atoms with Gasteiger partial charge in [-0.2, -0.15) is 5.26 Å². The summed E-state index contributed by atoms with van der Waals surface area (Å²) in [6.45, 7) is 0.529. The van der Waals surface area contributed by atoms with Crippen LogP contribution in [-0.2, 0) is 6.54 Å². The van der Waals surface area contributed by atoms with E-state index in [9.17, 15) is 4.39 Å². The fourth-order valence-corrected chi connectivity index (χ4v) is 2.16.